The quantitative estimate of drug-likeness (QED) is 0.741. The number of aromatic nitrogens is 2. The van der Waals surface area contributed by atoms with E-state index in [0.29, 0.717) is 17.4 Å². The van der Waals surface area contributed by atoms with Crippen LogP contribution in [0.2, 0.25) is 0 Å². The number of hydrogen-bond acceptors (Lipinski definition) is 4. The SMILES string of the molecule is Cc1cccc(-c2ccc(/C(N)=C/C=C(\N)C3=CC=CC(C)N3C)[nH]2)n1. The number of H-pyrrole nitrogens is 1. The third-order valence-corrected chi connectivity index (χ3v) is 4.53. The number of allylic oxidation sites excluding steroid dienone is 4. The molecule has 3 rings (SSSR count). The molecule has 0 radical (unpaired) electrons. The first kappa shape index (κ1) is 17.6. The predicted molar refractivity (Wildman–Crippen MR) is 108 cm³/mol. The van der Waals surface area contributed by atoms with E-state index in [1.54, 1.807) is 0 Å². The lowest BCUT2D eigenvalue weighted by Crippen LogP contribution is -2.31. The molecule has 0 spiro atoms. The summed E-state index contributed by atoms with van der Waals surface area (Å²) < 4.78 is 0. The van der Waals surface area contributed by atoms with E-state index in [9.17, 15) is 0 Å². The third kappa shape index (κ3) is 3.72. The number of nitrogens with one attached hydrogen (secondary N) is 1. The minimum atomic E-state index is 0.316. The van der Waals surface area contributed by atoms with Crippen molar-refractivity contribution in [2.24, 2.45) is 11.5 Å². The summed E-state index contributed by atoms with van der Waals surface area (Å²) in [5, 5.41) is 0. The van der Waals surface area contributed by atoms with Crippen LogP contribution in [-0.4, -0.2) is 28.0 Å². The smallest absolute Gasteiger partial charge is 0.0867 e. The zero-order chi connectivity index (χ0) is 18.7. The fourth-order valence-corrected chi connectivity index (χ4v) is 2.83. The first-order valence-corrected chi connectivity index (χ1v) is 8.63. The minimum Gasteiger partial charge on any atom is -0.397 e. The number of hydrogen-bond donors (Lipinski definition) is 3. The van der Waals surface area contributed by atoms with E-state index in [-0.39, 0.29) is 0 Å². The van der Waals surface area contributed by atoms with Gasteiger partial charge in [0.1, 0.15) is 0 Å². The molecule has 0 aromatic carbocycles. The summed E-state index contributed by atoms with van der Waals surface area (Å²) in [7, 11) is 2.03. The maximum Gasteiger partial charge on any atom is 0.0867 e. The zero-order valence-corrected chi connectivity index (χ0v) is 15.4. The third-order valence-electron chi connectivity index (χ3n) is 4.53. The van der Waals surface area contributed by atoms with E-state index >= 15 is 0 Å². The monoisotopic (exact) mass is 347 g/mol. The van der Waals surface area contributed by atoms with Gasteiger partial charge in [0.2, 0.25) is 0 Å². The molecule has 2 aromatic rings. The van der Waals surface area contributed by atoms with Crippen LogP contribution < -0.4 is 11.5 Å². The van der Waals surface area contributed by atoms with Gasteiger partial charge in [-0.15, -0.1) is 0 Å². The summed E-state index contributed by atoms with van der Waals surface area (Å²) in [6, 6.07) is 10.2. The summed E-state index contributed by atoms with van der Waals surface area (Å²) in [6.07, 6.45) is 9.83. The Balaban J connectivity index is 1.80. The van der Waals surface area contributed by atoms with Crippen molar-refractivity contribution in [1.29, 1.82) is 0 Å². The van der Waals surface area contributed by atoms with E-state index in [0.717, 1.165) is 28.5 Å². The van der Waals surface area contributed by atoms with Gasteiger partial charge in [-0.1, -0.05) is 18.2 Å². The van der Waals surface area contributed by atoms with Crippen LogP contribution >= 0.6 is 0 Å². The number of aromatic amines is 1. The average molecular weight is 347 g/mol. The minimum absolute atomic E-state index is 0.316. The molecular weight excluding hydrogens is 322 g/mol. The standard InChI is InChI=1S/C21H25N5/c1-14-6-4-8-19(24-14)20-13-12-18(25-20)16(22)10-11-17(23)21-9-5-7-15(2)26(21)3/h4-13,15,25H,22-23H2,1-3H3/b16-10-,17-11-. The Kier molecular flexibility index (Phi) is 4.98. The van der Waals surface area contributed by atoms with Crippen LogP contribution in [0.5, 0.6) is 0 Å². The highest BCUT2D eigenvalue weighted by molar-refractivity contribution is 5.66. The van der Waals surface area contributed by atoms with Crippen LogP contribution in [0.3, 0.4) is 0 Å². The van der Waals surface area contributed by atoms with Crippen molar-refractivity contribution in [3.05, 3.63) is 83.5 Å². The molecule has 1 aliphatic rings. The van der Waals surface area contributed by atoms with Gasteiger partial charge in [0.15, 0.2) is 0 Å². The second kappa shape index (κ2) is 7.35. The fourth-order valence-electron chi connectivity index (χ4n) is 2.83. The average Bonchev–Trinajstić information content (AvgIpc) is 3.12. The number of likely N-dealkylation sites (N-methyl/N-ethyl adjacent to an activating group) is 1. The lowest BCUT2D eigenvalue weighted by atomic mass is 10.1. The van der Waals surface area contributed by atoms with E-state index in [2.05, 4.69) is 27.9 Å². The van der Waals surface area contributed by atoms with Crippen molar-refractivity contribution in [1.82, 2.24) is 14.9 Å². The second-order valence-corrected chi connectivity index (χ2v) is 6.48. The molecule has 5 nitrogen and oxygen atoms in total. The van der Waals surface area contributed by atoms with Crippen LogP contribution in [0.4, 0.5) is 0 Å². The van der Waals surface area contributed by atoms with Gasteiger partial charge in [-0.3, -0.25) is 4.98 Å². The van der Waals surface area contributed by atoms with Gasteiger partial charge in [0, 0.05) is 18.8 Å². The number of aryl methyl sites for hydroxylation is 1. The Morgan fingerprint density at radius 3 is 2.69 bits per heavy atom. The largest absolute Gasteiger partial charge is 0.397 e. The van der Waals surface area contributed by atoms with E-state index < -0.39 is 0 Å². The van der Waals surface area contributed by atoms with E-state index in [4.69, 9.17) is 11.5 Å². The van der Waals surface area contributed by atoms with Crippen LogP contribution in [0.15, 0.2) is 72.1 Å². The topological polar surface area (TPSA) is 84.0 Å². The summed E-state index contributed by atoms with van der Waals surface area (Å²) >= 11 is 0. The number of nitrogens with zero attached hydrogens (tertiary/aromatic N) is 2. The van der Waals surface area contributed by atoms with E-state index in [1.807, 2.05) is 68.6 Å². The maximum absolute atomic E-state index is 6.24. The van der Waals surface area contributed by atoms with Gasteiger partial charge >= 0.3 is 0 Å². The molecule has 134 valence electrons. The van der Waals surface area contributed by atoms with Gasteiger partial charge in [-0.2, -0.15) is 0 Å². The van der Waals surface area contributed by atoms with Crippen LogP contribution in [0.1, 0.15) is 18.3 Å². The molecule has 1 unspecified atom stereocenters. The van der Waals surface area contributed by atoms with Crippen LogP contribution in [0, 0.1) is 6.92 Å². The Morgan fingerprint density at radius 1 is 1.15 bits per heavy atom. The molecule has 1 aliphatic heterocycles. The van der Waals surface area contributed by atoms with Crippen molar-refractivity contribution in [2.45, 2.75) is 19.9 Å². The molecule has 5 N–H and O–H groups in total. The first-order chi connectivity index (χ1) is 12.5. The van der Waals surface area contributed by atoms with Crippen molar-refractivity contribution in [3.63, 3.8) is 0 Å². The summed E-state index contributed by atoms with van der Waals surface area (Å²) in [5.41, 5.74) is 18.4. The summed E-state index contributed by atoms with van der Waals surface area (Å²) in [6.45, 7) is 4.10. The van der Waals surface area contributed by atoms with Crippen molar-refractivity contribution in [3.8, 4) is 11.4 Å². The Hall–Kier alpha value is -3.21. The molecule has 0 saturated carbocycles. The lowest BCUT2D eigenvalue weighted by Gasteiger charge is -2.29. The van der Waals surface area contributed by atoms with Crippen molar-refractivity contribution in [2.75, 3.05) is 7.05 Å². The Labute approximate surface area is 154 Å². The van der Waals surface area contributed by atoms with Gasteiger partial charge < -0.3 is 21.4 Å². The highest BCUT2D eigenvalue weighted by Crippen LogP contribution is 2.20. The molecule has 3 heterocycles. The maximum atomic E-state index is 6.24. The molecular formula is C21H25N5. The molecule has 0 aliphatic carbocycles. The van der Waals surface area contributed by atoms with E-state index in [1.165, 1.54) is 0 Å². The number of rotatable bonds is 4. The molecule has 0 bridgehead atoms. The Bertz CT molecular complexity index is 914. The normalized spacial score (nSPS) is 18.2. The Morgan fingerprint density at radius 2 is 1.92 bits per heavy atom. The van der Waals surface area contributed by atoms with Crippen molar-refractivity contribution >= 4 is 5.70 Å². The number of nitrogens with two attached hydrogens (primary N) is 2. The fraction of sp³-hybridized carbons (Fsp3) is 0.190. The van der Waals surface area contributed by atoms with Gasteiger partial charge in [0.05, 0.1) is 34.2 Å². The zero-order valence-electron chi connectivity index (χ0n) is 15.4. The molecule has 2 aromatic heterocycles. The second-order valence-electron chi connectivity index (χ2n) is 6.48. The van der Waals surface area contributed by atoms with Crippen molar-refractivity contribution < 1.29 is 0 Å². The molecule has 0 fully saturated rings. The molecule has 5 heteroatoms. The lowest BCUT2D eigenvalue weighted by molar-refractivity contribution is 0.374. The van der Waals surface area contributed by atoms with Crippen LogP contribution in [0.25, 0.3) is 17.1 Å². The molecule has 0 saturated heterocycles. The highest BCUT2D eigenvalue weighted by Gasteiger charge is 2.14. The van der Waals surface area contributed by atoms with Gasteiger partial charge in [-0.25, -0.2) is 0 Å². The summed E-state index contributed by atoms with van der Waals surface area (Å²) in [4.78, 5) is 9.97. The first-order valence-electron chi connectivity index (χ1n) is 8.63. The predicted octanol–water partition coefficient (Wildman–Crippen LogP) is 3.30. The summed E-state index contributed by atoms with van der Waals surface area (Å²) in [5.74, 6) is 0. The van der Waals surface area contributed by atoms with Gasteiger partial charge in [-0.05, 0) is 56.3 Å². The molecule has 26 heavy (non-hydrogen) atoms. The number of pyridine rings is 1. The molecule has 1 atom stereocenters. The van der Waals surface area contributed by atoms with Crippen LogP contribution in [-0.2, 0) is 0 Å². The highest BCUT2D eigenvalue weighted by atomic mass is 15.1. The van der Waals surface area contributed by atoms with Gasteiger partial charge in [0.25, 0.3) is 0 Å². The molecule has 0 amide bonds.